The van der Waals surface area contributed by atoms with E-state index in [1.807, 2.05) is 0 Å². The van der Waals surface area contributed by atoms with Gasteiger partial charge in [0.1, 0.15) is 17.3 Å². The molecule has 0 aliphatic rings. The second kappa shape index (κ2) is 5.53. The van der Waals surface area contributed by atoms with Crippen LogP contribution >= 0.6 is 0 Å². The predicted octanol–water partition coefficient (Wildman–Crippen LogP) is 3.73. The third-order valence-corrected chi connectivity index (χ3v) is 2.60. The summed E-state index contributed by atoms with van der Waals surface area (Å²) in [5, 5.41) is 10.9. The third kappa shape index (κ3) is 2.67. The minimum absolute atomic E-state index is 0.133. The summed E-state index contributed by atoms with van der Waals surface area (Å²) in [5.41, 5.74) is -0.820. The lowest BCUT2D eigenvalue weighted by Crippen LogP contribution is -2.01. The van der Waals surface area contributed by atoms with Crippen LogP contribution in [0.2, 0.25) is 0 Å². The Kier molecular flexibility index (Phi) is 3.80. The first-order chi connectivity index (χ1) is 9.55. The summed E-state index contributed by atoms with van der Waals surface area (Å²) in [6.07, 6.45) is 0. The van der Waals surface area contributed by atoms with Crippen LogP contribution in [0.1, 0.15) is 5.56 Å². The lowest BCUT2D eigenvalue weighted by molar-refractivity contribution is 0.414. The van der Waals surface area contributed by atoms with E-state index in [0.29, 0.717) is 5.75 Å². The van der Waals surface area contributed by atoms with Crippen molar-refractivity contribution in [2.75, 3.05) is 12.4 Å². The maximum absolute atomic E-state index is 13.7. The molecular weight excluding hydrogens is 269 g/mol. The molecule has 0 bridgehead atoms. The van der Waals surface area contributed by atoms with Crippen molar-refractivity contribution in [1.82, 2.24) is 0 Å². The van der Waals surface area contributed by atoms with E-state index in [-0.39, 0.29) is 11.3 Å². The highest BCUT2D eigenvalue weighted by molar-refractivity contribution is 5.64. The number of rotatable bonds is 3. The second-order valence-corrected chi connectivity index (χ2v) is 3.90. The highest BCUT2D eigenvalue weighted by atomic mass is 19.1. The Morgan fingerprint density at radius 1 is 1.05 bits per heavy atom. The van der Waals surface area contributed by atoms with Crippen LogP contribution in [0.5, 0.6) is 5.75 Å². The second-order valence-electron chi connectivity index (χ2n) is 3.90. The molecule has 0 radical (unpaired) electrons. The van der Waals surface area contributed by atoms with Crippen molar-refractivity contribution in [3.8, 4) is 11.8 Å². The number of ether oxygens (including phenoxy) is 1. The molecule has 0 unspecified atom stereocenters. The lowest BCUT2D eigenvalue weighted by atomic mass is 10.2. The summed E-state index contributed by atoms with van der Waals surface area (Å²) >= 11 is 0. The molecule has 0 saturated heterocycles. The quantitative estimate of drug-likeness (QED) is 0.930. The van der Waals surface area contributed by atoms with Gasteiger partial charge >= 0.3 is 0 Å². The average Bonchev–Trinajstić information content (AvgIpc) is 2.44. The van der Waals surface area contributed by atoms with Crippen LogP contribution in [0.15, 0.2) is 30.3 Å². The summed E-state index contributed by atoms with van der Waals surface area (Å²) in [6.45, 7) is 0. The molecule has 0 aliphatic heterocycles. The van der Waals surface area contributed by atoms with Gasteiger partial charge in [-0.2, -0.15) is 5.26 Å². The summed E-state index contributed by atoms with van der Waals surface area (Å²) in [5.74, 6) is -2.31. The van der Waals surface area contributed by atoms with Crippen molar-refractivity contribution < 1.29 is 17.9 Å². The molecular formula is C14H9F3N2O. The van der Waals surface area contributed by atoms with Crippen molar-refractivity contribution in [1.29, 1.82) is 5.26 Å². The Morgan fingerprint density at radius 3 is 2.25 bits per heavy atom. The van der Waals surface area contributed by atoms with Crippen molar-refractivity contribution in [2.45, 2.75) is 0 Å². The monoisotopic (exact) mass is 278 g/mol. The van der Waals surface area contributed by atoms with Crippen molar-refractivity contribution >= 4 is 11.4 Å². The SMILES string of the molecule is COc1ccc(F)c(Nc2c(F)cc(C#N)cc2F)c1. The number of methoxy groups -OCH3 is 1. The number of nitrogens with zero attached hydrogens (tertiary/aromatic N) is 1. The first-order valence-corrected chi connectivity index (χ1v) is 5.55. The zero-order valence-corrected chi connectivity index (χ0v) is 10.4. The molecule has 6 heteroatoms. The van der Waals surface area contributed by atoms with Crippen molar-refractivity contribution in [3.05, 3.63) is 53.3 Å². The van der Waals surface area contributed by atoms with E-state index in [4.69, 9.17) is 10.00 Å². The van der Waals surface area contributed by atoms with Crippen molar-refractivity contribution in [3.63, 3.8) is 0 Å². The van der Waals surface area contributed by atoms with Gasteiger partial charge in [-0.15, -0.1) is 0 Å². The van der Waals surface area contributed by atoms with Crippen LogP contribution in [0, 0.1) is 28.8 Å². The Hall–Kier alpha value is -2.68. The number of hydrogen-bond donors (Lipinski definition) is 1. The summed E-state index contributed by atoms with van der Waals surface area (Å²) in [6, 6.07) is 7.12. The molecule has 0 aromatic heterocycles. The smallest absolute Gasteiger partial charge is 0.150 e. The average molecular weight is 278 g/mol. The molecule has 0 amide bonds. The lowest BCUT2D eigenvalue weighted by Gasteiger charge is -2.11. The van der Waals surface area contributed by atoms with Gasteiger partial charge in [-0.1, -0.05) is 0 Å². The summed E-state index contributed by atoms with van der Waals surface area (Å²) in [4.78, 5) is 0. The van der Waals surface area contributed by atoms with E-state index >= 15 is 0 Å². The van der Waals surface area contributed by atoms with Gasteiger partial charge in [-0.25, -0.2) is 13.2 Å². The predicted molar refractivity (Wildman–Crippen MR) is 67.3 cm³/mol. The van der Waals surface area contributed by atoms with E-state index < -0.39 is 23.1 Å². The van der Waals surface area contributed by atoms with Crippen LogP contribution in [0.25, 0.3) is 0 Å². The number of nitrogens with one attached hydrogen (secondary N) is 1. The zero-order valence-electron chi connectivity index (χ0n) is 10.4. The largest absolute Gasteiger partial charge is 0.497 e. The molecule has 2 rings (SSSR count). The van der Waals surface area contributed by atoms with E-state index in [1.165, 1.54) is 19.2 Å². The molecule has 1 N–H and O–H groups in total. The van der Waals surface area contributed by atoms with E-state index in [2.05, 4.69) is 5.32 Å². The number of nitriles is 1. The molecule has 0 aliphatic carbocycles. The normalized spacial score (nSPS) is 9.95. The molecule has 20 heavy (non-hydrogen) atoms. The highest BCUT2D eigenvalue weighted by Crippen LogP contribution is 2.28. The number of benzene rings is 2. The summed E-state index contributed by atoms with van der Waals surface area (Å²) < 4.78 is 45.9. The van der Waals surface area contributed by atoms with Gasteiger partial charge in [0.05, 0.1) is 24.4 Å². The highest BCUT2D eigenvalue weighted by Gasteiger charge is 2.14. The fourth-order valence-electron chi connectivity index (χ4n) is 1.62. The van der Waals surface area contributed by atoms with Crippen LogP contribution < -0.4 is 10.1 Å². The Balaban J connectivity index is 2.43. The Labute approximate surface area is 113 Å². The maximum atomic E-state index is 13.7. The van der Waals surface area contributed by atoms with Crippen LogP contribution in [0.4, 0.5) is 24.5 Å². The van der Waals surface area contributed by atoms with Gasteiger partial charge in [0.15, 0.2) is 11.6 Å². The molecule has 0 fully saturated rings. The first kappa shape index (κ1) is 13.7. The fraction of sp³-hybridized carbons (Fsp3) is 0.0714. The fourth-order valence-corrected chi connectivity index (χ4v) is 1.62. The van der Waals surface area contributed by atoms with Gasteiger partial charge < -0.3 is 10.1 Å². The van der Waals surface area contributed by atoms with Gasteiger partial charge in [0, 0.05) is 6.07 Å². The summed E-state index contributed by atoms with van der Waals surface area (Å²) in [7, 11) is 1.39. The van der Waals surface area contributed by atoms with Gasteiger partial charge in [-0.05, 0) is 24.3 Å². The number of halogens is 3. The number of hydrogen-bond acceptors (Lipinski definition) is 3. The van der Waals surface area contributed by atoms with E-state index in [1.54, 1.807) is 6.07 Å². The molecule has 0 heterocycles. The van der Waals surface area contributed by atoms with Crippen LogP contribution in [-0.2, 0) is 0 Å². The molecule has 0 spiro atoms. The van der Waals surface area contributed by atoms with Gasteiger partial charge in [-0.3, -0.25) is 0 Å². The van der Waals surface area contributed by atoms with Gasteiger partial charge in [0.2, 0.25) is 0 Å². The van der Waals surface area contributed by atoms with E-state index in [9.17, 15) is 13.2 Å². The Bertz CT molecular complexity index is 672. The Morgan fingerprint density at radius 2 is 1.70 bits per heavy atom. The minimum Gasteiger partial charge on any atom is -0.497 e. The number of anilines is 2. The topological polar surface area (TPSA) is 45.0 Å². The maximum Gasteiger partial charge on any atom is 0.150 e. The third-order valence-electron chi connectivity index (χ3n) is 2.60. The molecule has 2 aromatic carbocycles. The van der Waals surface area contributed by atoms with Crippen molar-refractivity contribution in [2.24, 2.45) is 0 Å². The molecule has 0 saturated carbocycles. The minimum atomic E-state index is -0.983. The molecule has 2 aromatic rings. The van der Waals surface area contributed by atoms with Gasteiger partial charge in [0.25, 0.3) is 0 Å². The standard InChI is InChI=1S/C14H9F3N2O/c1-20-9-2-3-10(15)13(6-9)19-14-11(16)4-8(7-18)5-12(14)17/h2-6,19H,1H3. The first-order valence-electron chi connectivity index (χ1n) is 5.55. The van der Waals surface area contributed by atoms with Crippen LogP contribution in [-0.4, -0.2) is 7.11 Å². The molecule has 3 nitrogen and oxygen atoms in total. The molecule has 0 atom stereocenters. The molecule has 102 valence electrons. The van der Waals surface area contributed by atoms with Crippen LogP contribution in [0.3, 0.4) is 0 Å². The zero-order chi connectivity index (χ0) is 14.7. The van der Waals surface area contributed by atoms with E-state index in [0.717, 1.165) is 18.2 Å².